The Balaban J connectivity index is 2.18. The molecule has 6 nitrogen and oxygen atoms in total. The number of benzene rings is 4. The zero-order valence-electron chi connectivity index (χ0n) is 22.5. The van der Waals surface area contributed by atoms with Crippen LogP contribution < -0.4 is 9.47 Å². The van der Waals surface area contributed by atoms with Gasteiger partial charge in [-0.2, -0.15) is 0 Å². The molecule has 0 spiro atoms. The van der Waals surface area contributed by atoms with E-state index in [9.17, 15) is 20.4 Å². The Hall–Kier alpha value is -4.32. The molecule has 4 aromatic carbocycles. The van der Waals surface area contributed by atoms with Crippen molar-refractivity contribution in [2.24, 2.45) is 0 Å². The van der Waals surface area contributed by atoms with E-state index in [1.54, 1.807) is 36.4 Å². The van der Waals surface area contributed by atoms with Crippen molar-refractivity contribution in [2.45, 2.75) is 39.5 Å². The number of hydrogen-bond acceptors (Lipinski definition) is 6. The summed E-state index contributed by atoms with van der Waals surface area (Å²) in [5.74, 6) is 0.625. The Morgan fingerprint density at radius 2 is 0.868 bits per heavy atom. The standard InChI is InChI=1S/C32H34O6/c1-17-15-25(35)31(37-5)19(3)27(17)30(28-18(2)16-26(36)32(38-6)20(28)4)29(21-7-11-23(33)12-8-21)22-9-13-24(34)14-10-22/h7-16,29-30,33-36H,1-6H3. The van der Waals surface area contributed by atoms with E-state index in [4.69, 9.17) is 9.47 Å². The summed E-state index contributed by atoms with van der Waals surface area (Å²) in [7, 11) is 3.07. The molecule has 0 saturated heterocycles. The van der Waals surface area contributed by atoms with Gasteiger partial charge in [-0.05, 0) is 109 Å². The maximum atomic E-state index is 10.7. The van der Waals surface area contributed by atoms with Crippen LogP contribution in [0.15, 0.2) is 60.7 Å². The van der Waals surface area contributed by atoms with Gasteiger partial charge in [-0.3, -0.25) is 0 Å². The molecule has 0 heterocycles. The van der Waals surface area contributed by atoms with Gasteiger partial charge < -0.3 is 29.9 Å². The van der Waals surface area contributed by atoms with Crippen molar-refractivity contribution < 1.29 is 29.9 Å². The van der Waals surface area contributed by atoms with Crippen LogP contribution in [-0.4, -0.2) is 34.6 Å². The summed E-state index contributed by atoms with van der Waals surface area (Å²) in [5, 5.41) is 41.5. The van der Waals surface area contributed by atoms with Gasteiger partial charge in [0, 0.05) is 11.8 Å². The number of aromatic hydroxyl groups is 4. The molecule has 0 fully saturated rings. The number of phenols is 4. The molecule has 4 N–H and O–H groups in total. The molecule has 0 aliphatic rings. The Morgan fingerprint density at radius 1 is 0.526 bits per heavy atom. The number of methoxy groups -OCH3 is 2. The smallest absolute Gasteiger partial charge is 0.163 e. The zero-order valence-corrected chi connectivity index (χ0v) is 22.5. The summed E-state index contributed by atoms with van der Waals surface area (Å²) in [6.07, 6.45) is 0. The van der Waals surface area contributed by atoms with Crippen LogP contribution >= 0.6 is 0 Å². The first-order valence-corrected chi connectivity index (χ1v) is 12.4. The zero-order chi connectivity index (χ0) is 27.7. The van der Waals surface area contributed by atoms with E-state index in [1.165, 1.54) is 14.2 Å². The highest BCUT2D eigenvalue weighted by molar-refractivity contribution is 5.63. The van der Waals surface area contributed by atoms with E-state index in [0.717, 1.165) is 44.5 Å². The summed E-state index contributed by atoms with van der Waals surface area (Å²) in [6.45, 7) is 7.78. The molecule has 0 amide bonds. The third kappa shape index (κ3) is 4.70. The summed E-state index contributed by atoms with van der Waals surface area (Å²) in [6, 6.07) is 17.6. The highest BCUT2D eigenvalue weighted by Crippen LogP contribution is 2.52. The number of hydrogen-bond donors (Lipinski definition) is 4. The Kier molecular flexibility index (Phi) is 7.44. The monoisotopic (exact) mass is 514 g/mol. The minimum Gasteiger partial charge on any atom is -0.508 e. The van der Waals surface area contributed by atoms with Crippen LogP contribution in [0.2, 0.25) is 0 Å². The molecule has 4 rings (SSSR count). The van der Waals surface area contributed by atoms with E-state index in [1.807, 2.05) is 52.0 Å². The fraction of sp³-hybridized carbons (Fsp3) is 0.250. The largest absolute Gasteiger partial charge is 0.508 e. The van der Waals surface area contributed by atoms with Crippen LogP contribution in [0.5, 0.6) is 34.5 Å². The summed E-state index contributed by atoms with van der Waals surface area (Å²) in [4.78, 5) is 0. The van der Waals surface area contributed by atoms with Gasteiger partial charge in [0.15, 0.2) is 23.0 Å². The van der Waals surface area contributed by atoms with Crippen molar-refractivity contribution in [1.29, 1.82) is 0 Å². The quantitative estimate of drug-likeness (QED) is 0.218. The molecular weight excluding hydrogens is 480 g/mol. The van der Waals surface area contributed by atoms with E-state index < -0.39 is 0 Å². The average molecular weight is 515 g/mol. The van der Waals surface area contributed by atoms with Gasteiger partial charge in [-0.15, -0.1) is 0 Å². The van der Waals surface area contributed by atoms with Gasteiger partial charge in [0.25, 0.3) is 0 Å². The number of aryl methyl sites for hydroxylation is 2. The van der Waals surface area contributed by atoms with Crippen LogP contribution in [0.25, 0.3) is 0 Å². The molecule has 198 valence electrons. The Labute approximate surface area is 223 Å². The third-order valence-corrected chi connectivity index (χ3v) is 7.38. The fourth-order valence-corrected chi connectivity index (χ4v) is 5.81. The highest BCUT2D eigenvalue weighted by Gasteiger charge is 2.35. The first-order chi connectivity index (χ1) is 18.1. The summed E-state index contributed by atoms with van der Waals surface area (Å²) < 4.78 is 11.2. The Morgan fingerprint density at radius 3 is 1.18 bits per heavy atom. The normalized spacial score (nSPS) is 11.3. The van der Waals surface area contributed by atoms with E-state index >= 15 is 0 Å². The molecule has 38 heavy (non-hydrogen) atoms. The van der Waals surface area contributed by atoms with Gasteiger partial charge in [-0.1, -0.05) is 24.3 Å². The highest BCUT2D eigenvalue weighted by atomic mass is 16.5. The van der Waals surface area contributed by atoms with Crippen LogP contribution in [0, 0.1) is 27.7 Å². The predicted octanol–water partition coefficient (Wildman–Crippen LogP) is 6.72. The van der Waals surface area contributed by atoms with Crippen molar-refractivity contribution in [3.05, 3.63) is 105 Å². The maximum absolute atomic E-state index is 10.7. The minimum absolute atomic E-state index is 0.0625. The minimum atomic E-state index is -0.326. The molecule has 0 unspecified atom stereocenters. The van der Waals surface area contributed by atoms with Crippen LogP contribution in [0.4, 0.5) is 0 Å². The van der Waals surface area contributed by atoms with Crippen LogP contribution in [-0.2, 0) is 0 Å². The van der Waals surface area contributed by atoms with Crippen LogP contribution in [0.3, 0.4) is 0 Å². The maximum Gasteiger partial charge on any atom is 0.163 e. The van der Waals surface area contributed by atoms with Crippen molar-refractivity contribution in [1.82, 2.24) is 0 Å². The fourth-order valence-electron chi connectivity index (χ4n) is 5.81. The molecular formula is C32H34O6. The van der Waals surface area contributed by atoms with Crippen molar-refractivity contribution in [3.8, 4) is 34.5 Å². The van der Waals surface area contributed by atoms with E-state index in [-0.39, 0.29) is 34.8 Å². The summed E-state index contributed by atoms with van der Waals surface area (Å²) >= 11 is 0. The number of phenolic OH excluding ortho intramolecular Hbond substituents is 4. The number of rotatable bonds is 7. The first-order valence-electron chi connectivity index (χ1n) is 12.4. The Bertz CT molecular complexity index is 1340. The molecule has 0 bridgehead atoms. The molecule has 4 aromatic rings. The molecule has 0 aliphatic heterocycles. The SMILES string of the molecule is COc1c(O)cc(C)c(C(c2c(C)cc(O)c(OC)c2C)C(c2ccc(O)cc2)c2ccc(O)cc2)c1C. The first kappa shape index (κ1) is 26.7. The lowest BCUT2D eigenvalue weighted by Crippen LogP contribution is -2.19. The van der Waals surface area contributed by atoms with E-state index in [0.29, 0.717) is 11.5 Å². The third-order valence-electron chi connectivity index (χ3n) is 7.38. The van der Waals surface area contributed by atoms with Gasteiger partial charge in [0.05, 0.1) is 14.2 Å². The molecule has 0 atom stereocenters. The lowest BCUT2D eigenvalue weighted by Gasteiger charge is -2.34. The van der Waals surface area contributed by atoms with Gasteiger partial charge in [0.2, 0.25) is 0 Å². The van der Waals surface area contributed by atoms with Crippen molar-refractivity contribution >= 4 is 0 Å². The average Bonchev–Trinajstić information content (AvgIpc) is 2.86. The second-order valence-electron chi connectivity index (χ2n) is 9.71. The van der Waals surface area contributed by atoms with Crippen molar-refractivity contribution in [2.75, 3.05) is 14.2 Å². The van der Waals surface area contributed by atoms with E-state index in [2.05, 4.69) is 0 Å². The van der Waals surface area contributed by atoms with Crippen molar-refractivity contribution in [3.63, 3.8) is 0 Å². The number of ether oxygens (including phenoxy) is 2. The molecule has 0 aliphatic carbocycles. The van der Waals surface area contributed by atoms with Crippen LogP contribution in [0.1, 0.15) is 56.3 Å². The molecule has 0 saturated carbocycles. The van der Waals surface area contributed by atoms with Gasteiger partial charge in [0.1, 0.15) is 11.5 Å². The van der Waals surface area contributed by atoms with Gasteiger partial charge >= 0.3 is 0 Å². The topological polar surface area (TPSA) is 99.4 Å². The second-order valence-corrected chi connectivity index (χ2v) is 9.71. The predicted molar refractivity (Wildman–Crippen MR) is 148 cm³/mol. The molecule has 0 aromatic heterocycles. The van der Waals surface area contributed by atoms with Gasteiger partial charge in [-0.25, -0.2) is 0 Å². The second kappa shape index (κ2) is 10.6. The lowest BCUT2D eigenvalue weighted by atomic mass is 9.69. The molecule has 0 radical (unpaired) electrons. The lowest BCUT2D eigenvalue weighted by molar-refractivity contribution is 0.368. The molecule has 6 heteroatoms. The summed E-state index contributed by atoms with van der Waals surface area (Å²) in [5.41, 5.74) is 7.14.